The molecule has 11 heavy (non-hydrogen) atoms. The Kier molecular flexibility index (Phi) is 14.3. The molecular weight excluding hydrogens is 160 g/mol. The molecule has 0 fully saturated rings. The molecule has 0 aliphatic carbocycles. The summed E-state index contributed by atoms with van der Waals surface area (Å²) in [5.41, 5.74) is 0. The Morgan fingerprint density at radius 2 is 2.18 bits per heavy atom. The summed E-state index contributed by atoms with van der Waals surface area (Å²) in [5.74, 6) is -0.341. The molecule has 3 nitrogen and oxygen atoms in total. The van der Waals surface area contributed by atoms with Crippen LogP contribution in [0.4, 0.5) is 0 Å². The van der Waals surface area contributed by atoms with Gasteiger partial charge in [0.2, 0.25) is 0 Å². The first kappa shape index (κ1) is 13.0. The van der Waals surface area contributed by atoms with Crippen LogP contribution in [-0.2, 0) is 14.0 Å². The average molecular weight is 176 g/mol. The number of carbonyl (C=O) groups excluding carboxylic acids is 1. The summed E-state index contributed by atoms with van der Waals surface area (Å²) in [6, 6.07) is 0. The second kappa shape index (κ2) is 12.1. The Labute approximate surface area is 70.9 Å². The van der Waals surface area contributed by atoms with Gasteiger partial charge in [-0.1, -0.05) is 13.5 Å². The lowest BCUT2D eigenvalue weighted by Gasteiger charge is -1.94. The molecule has 0 saturated carbocycles. The van der Waals surface area contributed by atoms with E-state index in [1.54, 1.807) is 7.11 Å². The van der Waals surface area contributed by atoms with E-state index < -0.39 is 0 Å². The van der Waals surface area contributed by atoms with Gasteiger partial charge in [-0.2, -0.15) is 0 Å². The first-order valence-corrected chi connectivity index (χ1v) is 4.23. The molecule has 66 valence electrons. The summed E-state index contributed by atoms with van der Waals surface area (Å²) in [6.45, 7) is 5.67. The average Bonchev–Trinajstić information content (AvgIpc) is 2.02. The van der Waals surface area contributed by atoms with E-state index in [9.17, 15) is 4.79 Å². The molecule has 0 rings (SSSR count). The molecule has 0 aliphatic heterocycles. The summed E-state index contributed by atoms with van der Waals surface area (Å²) in [6.07, 6.45) is 2.02. The summed E-state index contributed by atoms with van der Waals surface area (Å²) in [4.78, 5) is 10.2. The van der Waals surface area contributed by atoms with Crippen molar-refractivity contribution in [2.75, 3.05) is 13.7 Å². The van der Waals surface area contributed by atoms with Crippen LogP contribution in [0.25, 0.3) is 0 Å². The third kappa shape index (κ3) is 17.7. The number of rotatable bonds is 3. The Morgan fingerprint density at radius 1 is 1.73 bits per heavy atom. The van der Waals surface area contributed by atoms with E-state index in [4.69, 9.17) is 0 Å². The van der Waals surface area contributed by atoms with Crippen molar-refractivity contribution in [3.05, 3.63) is 12.7 Å². The van der Waals surface area contributed by atoms with Gasteiger partial charge in [-0.3, -0.25) is 0 Å². The predicted octanol–water partition coefficient (Wildman–Crippen LogP) is 0.0388. The molecule has 4 heteroatoms. The molecule has 0 radical (unpaired) electrons. The SMILES string of the molecule is C=CC(=O)OCCC.CO[SiH3]. The van der Waals surface area contributed by atoms with Crippen LogP contribution >= 0.6 is 0 Å². The molecule has 0 heterocycles. The highest BCUT2D eigenvalue weighted by atomic mass is 28.2. The second-order valence-electron chi connectivity index (χ2n) is 1.78. The Balaban J connectivity index is 0. The van der Waals surface area contributed by atoms with E-state index in [0.717, 1.165) is 23.0 Å². The lowest BCUT2D eigenvalue weighted by atomic mass is 10.5. The molecule has 0 N–H and O–H groups in total. The molecule has 0 aromatic carbocycles. The summed E-state index contributed by atoms with van der Waals surface area (Å²) in [5, 5.41) is 0. The van der Waals surface area contributed by atoms with Gasteiger partial charge in [-0.15, -0.1) is 0 Å². The summed E-state index contributed by atoms with van der Waals surface area (Å²) in [7, 11) is 2.56. The van der Waals surface area contributed by atoms with E-state index in [1.807, 2.05) is 6.92 Å². The van der Waals surface area contributed by atoms with Crippen LogP contribution in [0.2, 0.25) is 0 Å². The number of esters is 1. The minimum absolute atomic E-state index is 0.341. The zero-order valence-electron chi connectivity index (χ0n) is 7.42. The number of hydrogen-bond donors (Lipinski definition) is 0. The van der Waals surface area contributed by atoms with Crippen LogP contribution in [-0.4, -0.2) is 30.2 Å². The zero-order chi connectivity index (χ0) is 9.11. The van der Waals surface area contributed by atoms with Crippen LogP contribution in [0.3, 0.4) is 0 Å². The van der Waals surface area contributed by atoms with Crippen molar-refractivity contribution in [1.82, 2.24) is 0 Å². The van der Waals surface area contributed by atoms with Crippen molar-refractivity contribution in [3.63, 3.8) is 0 Å². The van der Waals surface area contributed by atoms with E-state index in [-0.39, 0.29) is 5.97 Å². The molecule has 0 spiro atoms. The van der Waals surface area contributed by atoms with E-state index in [1.165, 1.54) is 0 Å². The fourth-order valence-corrected chi connectivity index (χ4v) is 0.262. The highest BCUT2D eigenvalue weighted by molar-refractivity contribution is 5.97. The fourth-order valence-electron chi connectivity index (χ4n) is 0.262. The highest BCUT2D eigenvalue weighted by Gasteiger charge is 1.89. The molecule has 0 aromatic heterocycles. The fraction of sp³-hybridized carbons (Fsp3) is 0.571. The third-order valence-electron chi connectivity index (χ3n) is 0.615. The van der Waals surface area contributed by atoms with Gasteiger partial charge in [-0.05, 0) is 6.42 Å². The van der Waals surface area contributed by atoms with Gasteiger partial charge in [0.05, 0.1) is 6.61 Å². The first-order valence-electron chi connectivity index (χ1n) is 3.42. The molecule has 0 bridgehead atoms. The van der Waals surface area contributed by atoms with Crippen LogP contribution < -0.4 is 0 Å². The second-order valence-corrected chi connectivity index (χ2v) is 2.60. The van der Waals surface area contributed by atoms with E-state index in [0.29, 0.717) is 6.61 Å². The number of ether oxygens (including phenoxy) is 1. The van der Waals surface area contributed by atoms with Crippen molar-refractivity contribution >= 4 is 16.5 Å². The molecular formula is C7H16O3Si. The first-order chi connectivity index (χ1) is 5.22. The van der Waals surface area contributed by atoms with Gasteiger partial charge in [-0.25, -0.2) is 4.79 Å². The minimum Gasteiger partial charge on any atom is -0.463 e. The predicted molar refractivity (Wildman–Crippen MR) is 48.4 cm³/mol. The van der Waals surface area contributed by atoms with Crippen molar-refractivity contribution in [1.29, 1.82) is 0 Å². The van der Waals surface area contributed by atoms with Crippen molar-refractivity contribution < 1.29 is 14.0 Å². The van der Waals surface area contributed by atoms with Crippen molar-refractivity contribution in [2.24, 2.45) is 0 Å². The van der Waals surface area contributed by atoms with Gasteiger partial charge in [0.15, 0.2) is 0 Å². The lowest BCUT2D eigenvalue weighted by molar-refractivity contribution is -0.137. The maximum absolute atomic E-state index is 10.2. The van der Waals surface area contributed by atoms with Gasteiger partial charge in [0.1, 0.15) is 10.5 Å². The van der Waals surface area contributed by atoms with E-state index >= 15 is 0 Å². The Bertz CT molecular complexity index is 104. The minimum atomic E-state index is -0.341. The van der Waals surface area contributed by atoms with Crippen LogP contribution in [0.1, 0.15) is 13.3 Å². The summed E-state index contributed by atoms with van der Waals surface area (Å²) >= 11 is 0. The lowest BCUT2D eigenvalue weighted by Crippen LogP contribution is -1.99. The maximum Gasteiger partial charge on any atom is 0.330 e. The zero-order valence-corrected chi connectivity index (χ0v) is 9.42. The molecule has 0 atom stereocenters. The smallest absolute Gasteiger partial charge is 0.330 e. The van der Waals surface area contributed by atoms with Gasteiger partial charge < -0.3 is 9.16 Å². The summed E-state index contributed by atoms with van der Waals surface area (Å²) < 4.78 is 8.97. The molecule has 0 unspecified atom stereocenters. The quantitative estimate of drug-likeness (QED) is 0.346. The molecule has 0 aromatic rings. The van der Waals surface area contributed by atoms with Crippen molar-refractivity contribution in [2.45, 2.75) is 13.3 Å². The van der Waals surface area contributed by atoms with Gasteiger partial charge >= 0.3 is 5.97 Å². The Morgan fingerprint density at radius 3 is 2.45 bits per heavy atom. The Hall–Kier alpha value is -0.613. The van der Waals surface area contributed by atoms with Crippen LogP contribution in [0, 0.1) is 0 Å². The largest absolute Gasteiger partial charge is 0.463 e. The normalized spacial score (nSPS) is 7.82. The van der Waals surface area contributed by atoms with Crippen molar-refractivity contribution in [3.8, 4) is 0 Å². The third-order valence-corrected chi connectivity index (χ3v) is 0.615. The van der Waals surface area contributed by atoms with Crippen LogP contribution in [0.5, 0.6) is 0 Å². The topological polar surface area (TPSA) is 35.5 Å². The standard InChI is InChI=1S/C6H10O2.CH6OSi/c1-3-5-8-6(7)4-2;1-2-3/h4H,2-3,5H2,1H3;1,3H3. The van der Waals surface area contributed by atoms with E-state index in [2.05, 4.69) is 15.7 Å². The molecule has 0 aliphatic rings. The van der Waals surface area contributed by atoms with Crippen LogP contribution in [0.15, 0.2) is 12.7 Å². The highest BCUT2D eigenvalue weighted by Crippen LogP contribution is 1.81. The van der Waals surface area contributed by atoms with Gasteiger partial charge in [0.25, 0.3) is 0 Å². The van der Waals surface area contributed by atoms with Gasteiger partial charge in [0, 0.05) is 13.2 Å². The molecule has 0 saturated heterocycles. The molecule has 0 amide bonds. The maximum atomic E-state index is 10.2. The number of carbonyl (C=O) groups is 1. The monoisotopic (exact) mass is 176 g/mol. The number of hydrogen-bond acceptors (Lipinski definition) is 3.